The number of aliphatic carboxylic acids is 2. The van der Waals surface area contributed by atoms with Gasteiger partial charge in [-0.2, -0.15) is 0 Å². The van der Waals surface area contributed by atoms with Crippen LogP contribution in [0.25, 0.3) is 0 Å². The number of carboxylic acid groups (broad SMARTS) is 2. The van der Waals surface area contributed by atoms with Crippen LogP contribution in [0, 0.1) is 0 Å². The fraction of sp³-hybridized carbons (Fsp3) is 0.846. The maximum Gasteiger partial charge on any atom is 0.303 e. The van der Waals surface area contributed by atoms with E-state index >= 15 is 0 Å². The Labute approximate surface area is 114 Å². The van der Waals surface area contributed by atoms with Crippen molar-refractivity contribution in [1.82, 2.24) is 0 Å². The van der Waals surface area contributed by atoms with Crippen LogP contribution in [-0.2, 0) is 14.2 Å². The molecule has 0 atom stereocenters. The Morgan fingerprint density at radius 3 is 1.74 bits per heavy atom. The molecule has 0 heterocycles. The van der Waals surface area contributed by atoms with E-state index in [2.05, 4.69) is 6.92 Å². The van der Waals surface area contributed by atoms with Crippen LogP contribution in [0.4, 0.5) is 0 Å². The van der Waals surface area contributed by atoms with Crippen molar-refractivity contribution in [3.05, 3.63) is 0 Å². The van der Waals surface area contributed by atoms with Gasteiger partial charge >= 0.3 is 11.9 Å². The Morgan fingerprint density at radius 2 is 1.32 bits per heavy atom. The average Bonchev–Trinajstić information content (AvgIpc) is 2.34. The molecule has 112 valence electrons. The molecule has 0 aliphatic carbocycles. The summed E-state index contributed by atoms with van der Waals surface area (Å²) in [6.07, 6.45) is 5.63. The summed E-state index contributed by atoms with van der Waals surface area (Å²) in [5.74, 6) is -1.94. The van der Waals surface area contributed by atoms with Gasteiger partial charge in [-0.15, -0.1) is 0 Å². The molecule has 2 N–H and O–H groups in total. The maximum atomic E-state index is 12.5. The third kappa shape index (κ3) is 10.8. The summed E-state index contributed by atoms with van der Waals surface area (Å²) >= 11 is 0. The SMILES string of the molecule is CCCCCCCP(=O)(CCC(=O)O)CCC(=O)O. The zero-order valence-electron chi connectivity index (χ0n) is 11.6. The molecule has 0 saturated heterocycles. The van der Waals surface area contributed by atoms with Gasteiger partial charge in [0.05, 0.1) is 20.0 Å². The van der Waals surface area contributed by atoms with Gasteiger partial charge in [-0.05, 0) is 6.42 Å². The summed E-state index contributed by atoms with van der Waals surface area (Å²) < 4.78 is 12.5. The van der Waals surface area contributed by atoms with Gasteiger partial charge in [-0.1, -0.05) is 32.6 Å². The lowest BCUT2D eigenvalue weighted by atomic mass is 10.2. The fourth-order valence-corrected chi connectivity index (χ4v) is 4.61. The van der Waals surface area contributed by atoms with Gasteiger partial charge in [0.1, 0.15) is 0 Å². The second kappa shape index (κ2) is 10.0. The van der Waals surface area contributed by atoms with Crippen LogP contribution >= 0.6 is 7.14 Å². The van der Waals surface area contributed by atoms with E-state index < -0.39 is 19.1 Å². The smallest absolute Gasteiger partial charge is 0.303 e. The third-order valence-electron chi connectivity index (χ3n) is 3.14. The first-order valence-corrected chi connectivity index (χ1v) is 9.16. The van der Waals surface area contributed by atoms with Crippen molar-refractivity contribution in [2.45, 2.75) is 51.9 Å². The van der Waals surface area contributed by atoms with Crippen molar-refractivity contribution < 1.29 is 24.4 Å². The summed E-state index contributed by atoms with van der Waals surface area (Å²) in [4.78, 5) is 21.1. The van der Waals surface area contributed by atoms with E-state index in [0.717, 1.165) is 32.1 Å². The van der Waals surface area contributed by atoms with Crippen LogP contribution in [0.1, 0.15) is 51.9 Å². The Hall–Kier alpha value is -0.830. The Bertz CT molecular complexity index is 305. The first-order chi connectivity index (χ1) is 8.89. The average molecular weight is 292 g/mol. The molecule has 0 bridgehead atoms. The molecule has 0 spiro atoms. The minimum Gasteiger partial charge on any atom is -0.481 e. The highest BCUT2D eigenvalue weighted by molar-refractivity contribution is 7.63. The lowest BCUT2D eigenvalue weighted by Gasteiger charge is -2.16. The summed E-state index contributed by atoms with van der Waals surface area (Å²) in [6, 6.07) is 0. The lowest BCUT2D eigenvalue weighted by Crippen LogP contribution is -2.08. The van der Waals surface area contributed by atoms with Gasteiger partial charge in [0.2, 0.25) is 0 Å². The van der Waals surface area contributed by atoms with Gasteiger partial charge in [0, 0.05) is 18.5 Å². The topological polar surface area (TPSA) is 91.7 Å². The van der Waals surface area contributed by atoms with Gasteiger partial charge in [-0.25, -0.2) is 0 Å². The highest BCUT2D eigenvalue weighted by atomic mass is 31.2. The normalized spacial score (nSPS) is 11.4. The molecule has 6 heteroatoms. The number of unbranched alkanes of at least 4 members (excludes halogenated alkanes) is 4. The summed E-state index contributed by atoms with van der Waals surface area (Å²) in [5.41, 5.74) is 0. The molecule has 0 aliphatic rings. The van der Waals surface area contributed by atoms with Gasteiger partial charge in [0.25, 0.3) is 0 Å². The van der Waals surface area contributed by atoms with E-state index in [1.54, 1.807) is 0 Å². The molecule has 0 fully saturated rings. The van der Waals surface area contributed by atoms with E-state index in [0.29, 0.717) is 6.16 Å². The maximum absolute atomic E-state index is 12.5. The van der Waals surface area contributed by atoms with Crippen molar-refractivity contribution >= 4 is 19.1 Å². The predicted octanol–water partition coefficient (Wildman–Crippen LogP) is 3.27. The Balaban J connectivity index is 4.19. The quantitative estimate of drug-likeness (QED) is 0.425. The molecule has 19 heavy (non-hydrogen) atoms. The molecule has 0 aromatic heterocycles. The van der Waals surface area contributed by atoms with Crippen LogP contribution in [-0.4, -0.2) is 40.6 Å². The molecule has 0 radical (unpaired) electrons. The summed E-state index contributed by atoms with van der Waals surface area (Å²) in [5, 5.41) is 17.3. The zero-order valence-corrected chi connectivity index (χ0v) is 12.5. The van der Waals surface area contributed by atoms with Crippen molar-refractivity contribution in [1.29, 1.82) is 0 Å². The van der Waals surface area contributed by atoms with E-state index in [9.17, 15) is 14.2 Å². The molecular formula is C13H25O5P. The standard InChI is InChI=1S/C13H25O5P/c1-2-3-4-5-6-9-19(18,10-7-12(14)15)11-8-13(16)17/h2-11H2,1H3,(H,14,15)(H,16,17). The minimum absolute atomic E-state index is 0.128. The van der Waals surface area contributed by atoms with Crippen LogP contribution < -0.4 is 0 Å². The monoisotopic (exact) mass is 292 g/mol. The van der Waals surface area contributed by atoms with Crippen molar-refractivity contribution in [3.8, 4) is 0 Å². The molecule has 0 amide bonds. The number of rotatable bonds is 12. The molecular weight excluding hydrogens is 267 g/mol. The van der Waals surface area contributed by atoms with Crippen molar-refractivity contribution in [3.63, 3.8) is 0 Å². The largest absolute Gasteiger partial charge is 0.481 e. The first kappa shape index (κ1) is 18.2. The fourth-order valence-electron chi connectivity index (χ4n) is 1.94. The highest BCUT2D eigenvalue weighted by Crippen LogP contribution is 2.47. The van der Waals surface area contributed by atoms with Gasteiger partial charge in [-0.3, -0.25) is 9.59 Å². The van der Waals surface area contributed by atoms with Gasteiger partial charge < -0.3 is 14.8 Å². The first-order valence-electron chi connectivity index (χ1n) is 6.90. The number of hydrogen-bond acceptors (Lipinski definition) is 3. The number of carbonyl (C=O) groups is 2. The molecule has 0 aromatic carbocycles. The lowest BCUT2D eigenvalue weighted by molar-refractivity contribution is -0.137. The molecule has 0 aliphatic heterocycles. The van der Waals surface area contributed by atoms with Crippen molar-refractivity contribution in [2.75, 3.05) is 18.5 Å². The predicted molar refractivity (Wildman–Crippen MR) is 75.5 cm³/mol. The van der Waals surface area contributed by atoms with E-state index in [-0.39, 0.29) is 25.2 Å². The van der Waals surface area contributed by atoms with Crippen LogP contribution in [0.5, 0.6) is 0 Å². The van der Waals surface area contributed by atoms with Crippen LogP contribution in [0.2, 0.25) is 0 Å². The Kier molecular flexibility index (Phi) is 9.58. The molecule has 0 rings (SSSR count). The van der Waals surface area contributed by atoms with Crippen molar-refractivity contribution in [2.24, 2.45) is 0 Å². The molecule has 0 unspecified atom stereocenters. The molecule has 0 saturated carbocycles. The molecule has 0 aromatic rings. The number of carboxylic acids is 2. The summed E-state index contributed by atoms with van der Waals surface area (Å²) in [6.45, 7) is 2.12. The van der Waals surface area contributed by atoms with Crippen LogP contribution in [0.3, 0.4) is 0 Å². The second-order valence-electron chi connectivity index (χ2n) is 4.93. The van der Waals surface area contributed by atoms with E-state index in [4.69, 9.17) is 10.2 Å². The van der Waals surface area contributed by atoms with E-state index in [1.165, 1.54) is 0 Å². The Morgan fingerprint density at radius 1 is 0.842 bits per heavy atom. The van der Waals surface area contributed by atoms with E-state index in [1.807, 2.05) is 0 Å². The molecule has 5 nitrogen and oxygen atoms in total. The zero-order chi connectivity index (χ0) is 14.7. The third-order valence-corrected chi connectivity index (χ3v) is 6.34. The number of hydrogen-bond donors (Lipinski definition) is 2. The van der Waals surface area contributed by atoms with Crippen LogP contribution in [0.15, 0.2) is 0 Å². The van der Waals surface area contributed by atoms with Gasteiger partial charge in [0.15, 0.2) is 0 Å². The summed E-state index contributed by atoms with van der Waals surface area (Å²) in [7, 11) is -2.64. The second-order valence-corrected chi connectivity index (χ2v) is 8.39. The highest BCUT2D eigenvalue weighted by Gasteiger charge is 2.23. The minimum atomic E-state index is -2.64.